The minimum atomic E-state index is -1.63. The Labute approximate surface area is 444 Å². The molecule has 0 radical (unpaired) electrons. The fraction of sp³-hybridized carbons (Fsp3) is 0.111. The molecule has 0 saturated carbocycles. The molecule has 0 saturated heterocycles. The number of alkyl halides is 4. The van der Waals surface area contributed by atoms with Crippen LogP contribution in [0.5, 0.6) is 0 Å². The van der Waals surface area contributed by atoms with Crippen LogP contribution in [-0.4, -0.2) is 95.7 Å². The molecule has 0 heterocycles. The fourth-order valence-corrected chi connectivity index (χ4v) is 32.8. The van der Waals surface area contributed by atoms with Crippen molar-refractivity contribution < 1.29 is 0 Å². The summed E-state index contributed by atoms with van der Waals surface area (Å²) in [5.41, 5.74) is -6.51. The number of halogens is 4. The Bertz CT molecular complexity index is 2230. The summed E-state index contributed by atoms with van der Waals surface area (Å²) in [6.07, 6.45) is 4.52. The van der Waals surface area contributed by atoms with Crippen molar-refractivity contribution in [1.29, 1.82) is 0 Å². The second-order valence-corrected chi connectivity index (χ2v) is 43.9. The Hall–Kier alpha value is -1.28. The number of hydrogen-bond donors (Lipinski definition) is 0. The average molecular weight is 1280 g/mol. The van der Waals surface area contributed by atoms with Gasteiger partial charge in [-0.3, -0.25) is 0 Å². The van der Waals surface area contributed by atoms with E-state index in [1.807, 2.05) is 0 Å². The van der Waals surface area contributed by atoms with Gasteiger partial charge in [-0.15, -0.1) is 46.4 Å². The van der Waals surface area contributed by atoms with Crippen LogP contribution in [0.4, 0.5) is 0 Å². The number of hydrogen-bond acceptors (Lipinski definition) is 0. The predicted molar refractivity (Wildman–Crippen MR) is 312 cm³/mol. The van der Waals surface area contributed by atoms with Gasteiger partial charge >= 0.3 is 392 Å². The molecule has 0 fully saturated rings. The van der Waals surface area contributed by atoms with Gasteiger partial charge in [-0.1, -0.05) is 0 Å². The molecule has 0 nitrogen and oxygen atoms in total. The molecule has 340 valence electrons. The second kappa shape index (κ2) is 29.2. The molecule has 8 rings (SSSR count). The molecule has 0 N–H and O–H groups in total. The molecule has 8 aromatic rings. The van der Waals surface area contributed by atoms with Gasteiger partial charge in [0.1, 0.15) is 0 Å². The summed E-state index contributed by atoms with van der Waals surface area (Å²) in [6.45, 7) is 0. The van der Waals surface area contributed by atoms with Crippen LogP contribution in [0.25, 0.3) is 0 Å². The summed E-state index contributed by atoms with van der Waals surface area (Å²) < 4.78 is 0. The van der Waals surface area contributed by atoms with Gasteiger partial charge in [0.25, 0.3) is 0 Å². The minimum absolute atomic E-state index is 0.194. The first-order valence-electron chi connectivity index (χ1n) is 21.1. The van der Waals surface area contributed by atoms with Crippen LogP contribution in [-0.2, 0) is 0 Å². The van der Waals surface area contributed by atoms with E-state index in [0.29, 0.717) is 0 Å². The van der Waals surface area contributed by atoms with E-state index in [-0.39, 0.29) is 10.7 Å². The summed E-state index contributed by atoms with van der Waals surface area (Å²) in [6, 6.07) is 88.2. The van der Waals surface area contributed by atoms with Gasteiger partial charge in [0.15, 0.2) is 0 Å². The van der Waals surface area contributed by atoms with E-state index in [0.717, 1.165) is 24.6 Å². The van der Waals surface area contributed by atoms with E-state index in [4.69, 9.17) is 46.4 Å². The molecular formula is C54H52Cl4P4Se4. The molecule has 0 aliphatic carbocycles. The zero-order chi connectivity index (χ0) is 47.1. The van der Waals surface area contributed by atoms with Crippen LogP contribution in [0.3, 0.4) is 0 Å². The van der Waals surface area contributed by atoms with Crippen LogP contribution in [0.1, 0.15) is 0 Å². The molecule has 8 aromatic carbocycles. The van der Waals surface area contributed by atoms with Crippen molar-refractivity contribution in [1.82, 2.24) is 0 Å². The topological polar surface area (TPSA) is 0 Å². The first-order valence-corrected chi connectivity index (χ1v) is 40.0. The normalized spacial score (nSPS) is 11.3. The number of benzene rings is 8. The van der Waals surface area contributed by atoms with E-state index in [1.165, 1.54) is 42.4 Å². The van der Waals surface area contributed by atoms with Crippen molar-refractivity contribution in [2.45, 2.75) is 0 Å². The van der Waals surface area contributed by atoms with Crippen LogP contribution >= 0.6 is 68.4 Å². The SMILES string of the molecule is ClCCl.ClCCl.[Se]=P(CCP(=[Se])(c1ccccc1)c1ccccc1)(c1ccccc1)c1ccccc1.[Se]=P(CCP(=[Se])(c1ccccc1)c1ccccc1)(c1ccccc1)c1ccccc1. The Morgan fingerprint density at radius 2 is 0.303 bits per heavy atom. The van der Waals surface area contributed by atoms with Gasteiger partial charge in [-0.05, 0) is 0 Å². The third-order valence-corrected chi connectivity index (χ3v) is 39.2. The zero-order valence-electron chi connectivity index (χ0n) is 36.3. The molecule has 0 unspecified atom stereocenters. The van der Waals surface area contributed by atoms with E-state index >= 15 is 0 Å². The molecule has 0 aliphatic heterocycles. The first kappa shape index (κ1) is 55.6. The third kappa shape index (κ3) is 15.4. The van der Waals surface area contributed by atoms with Crippen molar-refractivity contribution >= 4 is 171 Å². The van der Waals surface area contributed by atoms with Crippen molar-refractivity contribution in [2.75, 3.05) is 35.3 Å². The van der Waals surface area contributed by atoms with Gasteiger partial charge in [0.2, 0.25) is 0 Å². The van der Waals surface area contributed by atoms with Crippen molar-refractivity contribution in [3.63, 3.8) is 0 Å². The Morgan fingerprint density at radius 3 is 0.394 bits per heavy atom. The maximum atomic E-state index is 4.76. The maximum absolute atomic E-state index is 4.76. The van der Waals surface area contributed by atoms with Gasteiger partial charge in [-0.2, -0.15) is 0 Å². The van der Waals surface area contributed by atoms with Crippen LogP contribution in [0.2, 0.25) is 0 Å². The van der Waals surface area contributed by atoms with Crippen molar-refractivity contribution in [3.8, 4) is 0 Å². The van der Waals surface area contributed by atoms with Gasteiger partial charge in [-0.25, -0.2) is 0 Å². The van der Waals surface area contributed by atoms with E-state index in [9.17, 15) is 0 Å². The molecule has 0 aromatic heterocycles. The summed E-state index contributed by atoms with van der Waals surface area (Å²) in [5.74, 6) is 0. The summed E-state index contributed by atoms with van der Waals surface area (Å²) in [7, 11) is 0. The monoisotopic (exact) mass is 1280 g/mol. The molecule has 0 spiro atoms. The third-order valence-electron chi connectivity index (χ3n) is 10.8. The van der Waals surface area contributed by atoms with Gasteiger partial charge in [0, 0.05) is 0 Å². The van der Waals surface area contributed by atoms with Gasteiger partial charge in [0.05, 0.1) is 10.7 Å². The summed E-state index contributed by atoms with van der Waals surface area (Å²) in [5, 5.41) is 11.9. The van der Waals surface area contributed by atoms with E-state index in [1.54, 1.807) is 0 Å². The van der Waals surface area contributed by atoms with Crippen molar-refractivity contribution in [3.05, 3.63) is 243 Å². The summed E-state index contributed by atoms with van der Waals surface area (Å²) >= 11 is 33.9. The zero-order valence-corrected chi connectivity index (χ0v) is 49.7. The predicted octanol–water partition coefficient (Wildman–Crippen LogP) is 11.8. The quantitative estimate of drug-likeness (QED) is 0.0578. The standard InChI is InChI=1S/2C26H24P2Se2.2CH2Cl2/c2*29-27(23-13-5-1-6-14-23,24-15-7-2-8-16-24)21-22-28(30,25-17-9-3-10-18-25)26-19-11-4-12-20-26;2*2-1-3/h2*1-20H,21-22H2;2*1H2. The van der Waals surface area contributed by atoms with Crippen molar-refractivity contribution in [2.24, 2.45) is 0 Å². The second-order valence-electron chi connectivity index (χ2n) is 14.7. The molecule has 0 bridgehead atoms. The first-order chi connectivity index (χ1) is 32.1. The number of rotatable bonds is 14. The van der Waals surface area contributed by atoms with Crippen LogP contribution in [0.15, 0.2) is 243 Å². The van der Waals surface area contributed by atoms with E-state index < -0.39 is 22.0 Å². The molecule has 0 amide bonds. The Balaban J connectivity index is 0.000000221. The molecular weight excluding hydrogens is 1230 g/mol. The Morgan fingerprint density at radius 1 is 0.212 bits per heavy atom. The molecule has 12 heteroatoms. The van der Waals surface area contributed by atoms with E-state index in [2.05, 4.69) is 303 Å². The van der Waals surface area contributed by atoms with Crippen LogP contribution < -0.4 is 42.4 Å². The van der Waals surface area contributed by atoms with Crippen LogP contribution in [0, 0.1) is 0 Å². The fourth-order valence-electron chi connectivity index (χ4n) is 7.54. The summed E-state index contributed by atoms with van der Waals surface area (Å²) in [4.78, 5) is 0. The average Bonchev–Trinajstić information content (AvgIpc) is 3.39. The molecule has 66 heavy (non-hydrogen) atoms. The molecule has 0 aliphatic rings. The Kier molecular flexibility index (Phi) is 24.6. The van der Waals surface area contributed by atoms with Gasteiger partial charge < -0.3 is 0 Å². The molecule has 0 atom stereocenters.